The number of nitrogens with zero attached hydrogens (tertiary/aromatic N) is 4. The number of carboxylic acid groups (broad SMARTS) is 1. The molecule has 1 aliphatic heterocycles. The van der Waals surface area contributed by atoms with E-state index in [4.69, 9.17) is 5.11 Å². The standard InChI is InChI=1S/C20H23F4N5O4S/c1-11(2)15-10-28(12-4-5-14(21)16(8-12)34(32,33)25-3)6-7-29(15)19-26-9-13(18(30)31)17(27-19)20(22,23)24/h4-5,8-9,11,15,25H,6-7,10H2,1-3H3,(H,30,31). The van der Waals surface area contributed by atoms with Gasteiger partial charge < -0.3 is 14.9 Å². The summed E-state index contributed by atoms with van der Waals surface area (Å²) < 4.78 is 80.7. The highest BCUT2D eigenvalue weighted by Crippen LogP contribution is 2.33. The van der Waals surface area contributed by atoms with Gasteiger partial charge in [-0.15, -0.1) is 0 Å². The normalized spacial score (nSPS) is 17.4. The Morgan fingerprint density at radius 2 is 1.94 bits per heavy atom. The Morgan fingerprint density at radius 3 is 2.50 bits per heavy atom. The number of hydrogen-bond donors (Lipinski definition) is 2. The molecule has 1 aromatic heterocycles. The van der Waals surface area contributed by atoms with E-state index in [0.717, 1.165) is 6.07 Å². The first-order valence-corrected chi connectivity index (χ1v) is 11.7. The third-order valence-electron chi connectivity index (χ3n) is 5.56. The third kappa shape index (κ3) is 5.06. The van der Waals surface area contributed by atoms with Crippen molar-refractivity contribution in [3.63, 3.8) is 0 Å². The number of nitrogens with one attached hydrogen (secondary N) is 1. The van der Waals surface area contributed by atoms with Crippen LogP contribution in [0.3, 0.4) is 0 Å². The summed E-state index contributed by atoms with van der Waals surface area (Å²) >= 11 is 0. The first-order chi connectivity index (χ1) is 15.8. The van der Waals surface area contributed by atoms with Gasteiger partial charge >= 0.3 is 12.1 Å². The molecule has 186 valence electrons. The number of anilines is 2. The van der Waals surface area contributed by atoms with Crippen molar-refractivity contribution < 1.29 is 35.9 Å². The molecule has 3 rings (SSSR count). The van der Waals surface area contributed by atoms with Crippen molar-refractivity contribution in [3.8, 4) is 0 Å². The Balaban J connectivity index is 1.96. The van der Waals surface area contributed by atoms with Crippen LogP contribution in [0.2, 0.25) is 0 Å². The number of sulfonamides is 1. The fourth-order valence-corrected chi connectivity index (χ4v) is 4.57. The molecular weight excluding hydrogens is 482 g/mol. The quantitative estimate of drug-likeness (QED) is 0.576. The summed E-state index contributed by atoms with van der Waals surface area (Å²) in [5.41, 5.74) is -2.14. The third-order valence-corrected chi connectivity index (χ3v) is 6.99. The number of rotatable bonds is 6. The highest BCUT2D eigenvalue weighted by Gasteiger charge is 2.40. The van der Waals surface area contributed by atoms with Gasteiger partial charge in [-0.3, -0.25) is 0 Å². The second-order valence-electron chi connectivity index (χ2n) is 8.01. The fraction of sp³-hybridized carbons (Fsp3) is 0.450. The monoisotopic (exact) mass is 505 g/mol. The van der Waals surface area contributed by atoms with Crippen LogP contribution in [0, 0.1) is 11.7 Å². The summed E-state index contributed by atoms with van der Waals surface area (Å²) in [5.74, 6) is -3.05. The molecule has 0 spiro atoms. The molecule has 1 atom stereocenters. The number of piperazine rings is 1. The molecule has 0 saturated carbocycles. The molecule has 0 aliphatic carbocycles. The number of aromatic nitrogens is 2. The Morgan fingerprint density at radius 1 is 1.26 bits per heavy atom. The molecule has 1 aliphatic rings. The van der Waals surface area contributed by atoms with E-state index in [2.05, 4.69) is 14.7 Å². The van der Waals surface area contributed by atoms with Gasteiger partial charge in [0, 0.05) is 31.5 Å². The average Bonchev–Trinajstić information content (AvgIpc) is 2.77. The first-order valence-electron chi connectivity index (χ1n) is 10.2. The summed E-state index contributed by atoms with van der Waals surface area (Å²) in [6.45, 7) is 4.36. The molecule has 34 heavy (non-hydrogen) atoms. The summed E-state index contributed by atoms with van der Waals surface area (Å²) in [6.07, 6.45) is -4.34. The Hall–Kier alpha value is -3.00. The minimum atomic E-state index is -4.98. The Bertz CT molecular complexity index is 1190. The van der Waals surface area contributed by atoms with Gasteiger partial charge in [0.25, 0.3) is 0 Å². The van der Waals surface area contributed by atoms with E-state index in [1.807, 2.05) is 13.8 Å². The van der Waals surface area contributed by atoms with Gasteiger partial charge in [0.05, 0.1) is 6.04 Å². The van der Waals surface area contributed by atoms with E-state index in [-0.39, 0.29) is 31.5 Å². The van der Waals surface area contributed by atoms with Crippen LogP contribution in [0.5, 0.6) is 0 Å². The van der Waals surface area contributed by atoms with Gasteiger partial charge in [0.15, 0.2) is 5.69 Å². The molecule has 2 N–H and O–H groups in total. The zero-order chi connectivity index (χ0) is 25.4. The lowest BCUT2D eigenvalue weighted by Crippen LogP contribution is -2.56. The van der Waals surface area contributed by atoms with Gasteiger partial charge in [0.1, 0.15) is 16.3 Å². The van der Waals surface area contributed by atoms with Crippen molar-refractivity contribution in [2.45, 2.75) is 31.0 Å². The Kier molecular flexibility index (Phi) is 7.03. The predicted octanol–water partition coefficient (Wildman–Crippen LogP) is 2.59. The maximum absolute atomic E-state index is 14.1. The van der Waals surface area contributed by atoms with Crippen LogP contribution >= 0.6 is 0 Å². The highest BCUT2D eigenvalue weighted by atomic mass is 32.2. The van der Waals surface area contributed by atoms with Crippen LogP contribution in [-0.4, -0.2) is 62.2 Å². The lowest BCUT2D eigenvalue weighted by atomic mass is 9.99. The molecular formula is C20H23F4N5O4S. The number of hydrogen-bond acceptors (Lipinski definition) is 7. The topological polar surface area (TPSA) is 116 Å². The van der Waals surface area contributed by atoms with E-state index >= 15 is 0 Å². The van der Waals surface area contributed by atoms with Gasteiger partial charge in [-0.25, -0.2) is 32.3 Å². The molecule has 14 heteroatoms. The minimum Gasteiger partial charge on any atom is -0.478 e. The van der Waals surface area contributed by atoms with E-state index in [1.54, 1.807) is 9.80 Å². The van der Waals surface area contributed by atoms with Gasteiger partial charge in [0.2, 0.25) is 16.0 Å². The van der Waals surface area contributed by atoms with E-state index < -0.39 is 50.2 Å². The number of alkyl halides is 3. The summed E-state index contributed by atoms with van der Waals surface area (Å²) in [4.78, 5) is 21.5. The lowest BCUT2D eigenvalue weighted by Gasteiger charge is -2.44. The minimum absolute atomic E-state index is 0.0964. The zero-order valence-electron chi connectivity index (χ0n) is 18.5. The van der Waals surface area contributed by atoms with Gasteiger partial charge in [-0.05, 0) is 31.2 Å². The molecule has 0 bridgehead atoms. The van der Waals surface area contributed by atoms with E-state index in [1.165, 1.54) is 19.2 Å². The van der Waals surface area contributed by atoms with Crippen molar-refractivity contribution in [2.75, 3.05) is 36.5 Å². The van der Waals surface area contributed by atoms with Crippen molar-refractivity contribution in [1.29, 1.82) is 0 Å². The van der Waals surface area contributed by atoms with Crippen LogP contribution < -0.4 is 14.5 Å². The fourth-order valence-electron chi connectivity index (χ4n) is 3.75. The number of benzene rings is 1. The van der Waals surface area contributed by atoms with Gasteiger partial charge in [-0.2, -0.15) is 13.2 Å². The summed E-state index contributed by atoms with van der Waals surface area (Å²) in [5, 5.41) is 9.07. The molecule has 2 heterocycles. The SMILES string of the molecule is CNS(=O)(=O)c1cc(N2CCN(c3ncc(C(=O)O)c(C(F)(F)F)n3)C(C(C)C)C2)ccc1F. The Labute approximate surface area is 193 Å². The number of aromatic carboxylic acids is 1. The van der Waals surface area contributed by atoms with Crippen molar-refractivity contribution >= 4 is 27.6 Å². The lowest BCUT2D eigenvalue weighted by molar-refractivity contribution is -0.141. The van der Waals surface area contributed by atoms with Crippen LogP contribution in [0.1, 0.15) is 29.9 Å². The van der Waals surface area contributed by atoms with Crippen LogP contribution in [0.15, 0.2) is 29.3 Å². The summed E-state index contributed by atoms with van der Waals surface area (Å²) in [7, 11) is -2.87. The summed E-state index contributed by atoms with van der Waals surface area (Å²) in [6, 6.07) is 3.27. The van der Waals surface area contributed by atoms with Crippen molar-refractivity contribution in [3.05, 3.63) is 41.5 Å². The molecule has 1 aromatic carbocycles. The van der Waals surface area contributed by atoms with Crippen LogP contribution in [0.25, 0.3) is 0 Å². The van der Waals surface area contributed by atoms with Crippen molar-refractivity contribution in [1.82, 2.24) is 14.7 Å². The molecule has 0 amide bonds. The molecule has 1 unspecified atom stereocenters. The maximum atomic E-state index is 14.1. The first kappa shape index (κ1) is 25.6. The zero-order valence-corrected chi connectivity index (χ0v) is 19.3. The second-order valence-corrected chi connectivity index (χ2v) is 9.86. The number of halogens is 4. The highest BCUT2D eigenvalue weighted by molar-refractivity contribution is 7.89. The van der Waals surface area contributed by atoms with E-state index in [0.29, 0.717) is 11.9 Å². The number of carboxylic acids is 1. The molecule has 9 nitrogen and oxygen atoms in total. The largest absolute Gasteiger partial charge is 0.478 e. The van der Waals surface area contributed by atoms with Gasteiger partial charge in [-0.1, -0.05) is 13.8 Å². The maximum Gasteiger partial charge on any atom is 0.434 e. The average molecular weight is 505 g/mol. The van der Waals surface area contributed by atoms with E-state index in [9.17, 15) is 30.8 Å². The molecule has 2 aromatic rings. The molecule has 0 radical (unpaired) electrons. The second kappa shape index (κ2) is 9.33. The molecule has 1 saturated heterocycles. The smallest absolute Gasteiger partial charge is 0.434 e. The number of carbonyl (C=O) groups is 1. The van der Waals surface area contributed by atoms with Crippen LogP contribution in [0.4, 0.5) is 29.2 Å². The molecule has 1 fully saturated rings. The predicted molar refractivity (Wildman–Crippen MR) is 115 cm³/mol. The van der Waals surface area contributed by atoms with Crippen LogP contribution in [-0.2, 0) is 16.2 Å². The van der Waals surface area contributed by atoms with Crippen molar-refractivity contribution in [2.24, 2.45) is 5.92 Å².